The van der Waals surface area contributed by atoms with Gasteiger partial charge in [0.1, 0.15) is 0 Å². The molecule has 0 saturated heterocycles. The fourth-order valence-electron chi connectivity index (χ4n) is 2.14. The summed E-state index contributed by atoms with van der Waals surface area (Å²) in [6.45, 7) is 0.746. The first-order chi connectivity index (χ1) is 11.4. The number of likely N-dealkylation sites (N-methyl/N-ethyl adjacent to an activating group) is 1. The van der Waals surface area contributed by atoms with Crippen LogP contribution < -0.4 is 5.32 Å². The lowest BCUT2D eigenvalue weighted by Gasteiger charge is -2.17. The van der Waals surface area contributed by atoms with E-state index in [1.807, 2.05) is 36.2 Å². The largest absolute Gasteiger partial charge is 0.325 e. The molecule has 0 bridgehead atoms. The van der Waals surface area contributed by atoms with Gasteiger partial charge in [-0.3, -0.25) is 9.69 Å². The number of anilines is 1. The molecule has 0 aromatic heterocycles. The summed E-state index contributed by atoms with van der Waals surface area (Å²) in [7, 11) is 1.82. The van der Waals surface area contributed by atoms with Crippen molar-refractivity contribution in [3.05, 3.63) is 59.1 Å². The molecule has 0 radical (unpaired) electrons. The molecular weight excluding hydrogens is 354 g/mol. The van der Waals surface area contributed by atoms with Crippen LogP contribution in [0.25, 0.3) is 0 Å². The summed E-state index contributed by atoms with van der Waals surface area (Å²) < 4.78 is 24.5. The van der Waals surface area contributed by atoms with Gasteiger partial charge < -0.3 is 5.32 Å². The SMILES string of the molecule is CN(CC(=O)Nc1ccc(SC(F)F)cc1)Cc1ccccc1Cl. The zero-order valence-electron chi connectivity index (χ0n) is 13.0. The van der Waals surface area contributed by atoms with Crippen molar-refractivity contribution in [2.45, 2.75) is 17.2 Å². The molecule has 1 N–H and O–H groups in total. The normalized spacial score (nSPS) is 11.1. The van der Waals surface area contributed by atoms with E-state index in [-0.39, 0.29) is 12.5 Å². The lowest BCUT2D eigenvalue weighted by Crippen LogP contribution is -2.29. The van der Waals surface area contributed by atoms with Crippen LogP contribution >= 0.6 is 23.4 Å². The molecule has 0 saturated carbocycles. The number of rotatable bonds is 7. The van der Waals surface area contributed by atoms with Gasteiger partial charge in [-0.15, -0.1) is 0 Å². The zero-order valence-corrected chi connectivity index (χ0v) is 14.6. The number of hydrogen-bond acceptors (Lipinski definition) is 3. The average molecular weight is 371 g/mol. The van der Waals surface area contributed by atoms with Crippen molar-refractivity contribution >= 4 is 35.0 Å². The smallest absolute Gasteiger partial charge is 0.288 e. The van der Waals surface area contributed by atoms with Gasteiger partial charge in [0.2, 0.25) is 5.91 Å². The van der Waals surface area contributed by atoms with Crippen molar-refractivity contribution < 1.29 is 13.6 Å². The summed E-state index contributed by atoms with van der Waals surface area (Å²) >= 11 is 6.58. The standard InChI is InChI=1S/C17H17ClF2N2OS/c1-22(10-12-4-2-3-5-15(12)18)11-16(23)21-13-6-8-14(9-7-13)24-17(19)20/h2-9,17H,10-11H2,1H3,(H,21,23). The number of amides is 1. The Kier molecular flexibility index (Phi) is 7.02. The average Bonchev–Trinajstić information content (AvgIpc) is 2.51. The van der Waals surface area contributed by atoms with Gasteiger partial charge in [0.05, 0.1) is 6.54 Å². The first-order valence-corrected chi connectivity index (χ1v) is 8.46. The maximum absolute atomic E-state index is 12.3. The van der Waals surface area contributed by atoms with Gasteiger partial charge in [0, 0.05) is 22.2 Å². The van der Waals surface area contributed by atoms with Gasteiger partial charge in [-0.1, -0.05) is 41.6 Å². The molecule has 2 aromatic rings. The fraction of sp³-hybridized carbons (Fsp3) is 0.235. The Morgan fingerprint density at radius 2 is 1.88 bits per heavy atom. The van der Waals surface area contributed by atoms with E-state index in [9.17, 15) is 13.6 Å². The molecule has 0 fully saturated rings. The first kappa shape index (κ1) is 18.7. The molecule has 0 spiro atoms. The molecule has 2 aromatic carbocycles. The van der Waals surface area contributed by atoms with Crippen LogP contribution in [0, 0.1) is 0 Å². The van der Waals surface area contributed by atoms with E-state index in [1.165, 1.54) is 0 Å². The van der Waals surface area contributed by atoms with Gasteiger partial charge in [-0.05, 0) is 42.9 Å². The highest BCUT2D eigenvalue weighted by molar-refractivity contribution is 7.99. The highest BCUT2D eigenvalue weighted by Crippen LogP contribution is 2.26. The van der Waals surface area contributed by atoms with Crippen molar-refractivity contribution in [3.63, 3.8) is 0 Å². The minimum absolute atomic E-state index is 0.182. The molecule has 1 amide bonds. The summed E-state index contributed by atoms with van der Waals surface area (Å²) in [5, 5.41) is 3.41. The molecule has 0 atom stereocenters. The predicted molar refractivity (Wildman–Crippen MR) is 94.7 cm³/mol. The Balaban J connectivity index is 1.85. The summed E-state index contributed by atoms with van der Waals surface area (Å²) in [5.74, 6) is -2.64. The van der Waals surface area contributed by atoms with Crippen LogP contribution in [0.15, 0.2) is 53.4 Å². The number of nitrogens with zero attached hydrogens (tertiary/aromatic N) is 1. The molecule has 2 rings (SSSR count). The molecule has 0 unspecified atom stereocenters. The van der Waals surface area contributed by atoms with Gasteiger partial charge in [-0.25, -0.2) is 0 Å². The van der Waals surface area contributed by atoms with Crippen molar-refractivity contribution in [2.24, 2.45) is 0 Å². The summed E-state index contributed by atoms with van der Waals surface area (Å²) in [4.78, 5) is 14.4. The number of carbonyl (C=O) groups is 1. The Morgan fingerprint density at radius 1 is 1.21 bits per heavy atom. The maximum atomic E-state index is 12.3. The molecule has 0 aliphatic rings. The molecule has 24 heavy (non-hydrogen) atoms. The second-order valence-corrected chi connectivity index (χ2v) is 6.69. The topological polar surface area (TPSA) is 32.3 Å². The summed E-state index contributed by atoms with van der Waals surface area (Å²) in [5.41, 5.74) is 1.52. The Morgan fingerprint density at radius 3 is 2.50 bits per heavy atom. The third-order valence-electron chi connectivity index (χ3n) is 3.17. The second-order valence-electron chi connectivity index (χ2n) is 5.21. The molecule has 0 heterocycles. The van der Waals surface area contributed by atoms with Gasteiger partial charge in [0.15, 0.2) is 0 Å². The number of carbonyl (C=O) groups excluding carboxylic acids is 1. The van der Waals surface area contributed by atoms with Crippen LogP contribution in [-0.2, 0) is 11.3 Å². The highest BCUT2D eigenvalue weighted by Gasteiger charge is 2.10. The van der Waals surface area contributed by atoms with Gasteiger partial charge in [0.25, 0.3) is 5.76 Å². The predicted octanol–water partition coefficient (Wildman–Crippen LogP) is 4.73. The molecule has 0 aliphatic heterocycles. The number of alkyl halides is 2. The molecular formula is C17H17ClF2N2OS. The number of benzene rings is 2. The van der Waals surface area contributed by atoms with Gasteiger partial charge in [-0.2, -0.15) is 8.78 Å². The Labute approximate surface area is 149 Å². The Hall–Kier alpha value is -1.63. The number of halogens is 3. The van der Waals surface area contributed by atoms with Crippen LogP contribution in [0.4, 0.5) is 14.5 Å². The highest BCUT2D eigenvalue weighted by atomic mass is 35.5. The van der Waals surface area contributed by atoms with Crippen molar-refractivity contribution in [2.75, 3.05) is 18.9 Å². The van der Waals surface area contributed by atoms with E-state index < -0.39 is 5.76 Å². The minimum atomic E-state index is -2.45. The maximum Gasteiger partial charge on any atom is 0.288 e. The number of nitrogens with one attached hydrogen (secondary N) is 1. The van der Waals surface area contributed by atoms with E-state index in [2.05, 4.69) is 5.32 Å². The van der Waals surface area contributed by atoms with E-state index >= 15 is 0 Å². The Bertz CT molecular complexity index is 683. The van der Waals surface area contributed by atoms with Crippen LogP contribution in [0.5, 0.6) is 0 Å². The van der Waals surface area contributed by atoms with E-state index in [4.69, 9.17) is 11.6 Å². The van der Waals surface area contributed by atoms with E-state index in [0.29, 0.717) is 33.9 Å². The van der Waals surface area contributed by atoms with Crippen LogP contribution in [0.1, 0.15) is 5.56 Å². The van der Waals surface area contributed by atoms with Crippen molar-refractivity contribution in [3.8, 4) is 0 Å². The minimum Gasteiger partial charge on any atom is -0.325 e. The zero-order chi connectivity index (χ0) is 17.5. The number of hydrogen-bond donors (Lipinski definition) is 1. The molecule has 0 aliphatic carbocycles. The third-order valence-corrected chi connectivity index (χ3v) is 4.27. The van der Waals surface area contributed by atoms with Crippen molar-refractivity contribution in [1.29, 1.82) is 0 Å². The first-order valence-electron chi connectivity index (χ1n) is 7.20. The van der Waals surface area contributed by atoms with E-state index in [1.54, 1.807) is 24.3 Å². The summed E-state index contributed by atoms with van der Waals surface area (Å²) in [6.07, 6.45) is 0. The molecule has 128 valence electrons. The van der Waals surface area contributed by atoms with E-state index in [0.717, 1.165) is 5.56 Å². The summed E-state index contributed by atoms with van der Waals surface area (Å²) in [6, 6.07) is 13.8. The monoisotopic (exact) mass is 370 g/mol. The number of thioether (sulfide) groups is 1. The van der Waals surface area contributed by atoms with Crippen molar-refractivity contribution in [1.82, 2.24) is 4.90 Å². The lowest BCUT2D eigenvalue weighted by atomic mass is 10.2. The molecule has 3 nitrogen and oxygen atoms in total. The lowest BCUT2D eigenvalue weighted by molar-refractivity contribution is -0.117. The fourth-order valence-corrected chi connectivity index (χ4v) is 2.83. The van der Waals surface area contributed by atoms with Gasteiger partial charge >= 0.3 is 0 Å². The quantitative estimate of drug-likeness (QED) is 0.715. The van der Waals surface area contributed by atoms with Crippen LogP contribution in [0.3, 0.4) is 0 Å². The second kappa shape index (κ2) is 9.01. The van der Waals surface area contributed by atoms with Crippen LogP contribution in [0.2, 0.25) is 5.02 Å². The molecule has 7 heteroatoms. The van der Waals surface area contributed by atoms with Crippen LogP contribution in [-0.4, -0.2) is 30.2 Å². The third kappa shape index (κ3) is 6.11.